The molecule has 5 N–H and O–H groups in total. The third-order valence-electron chi connectivity index (χ3n) is 4.53. The Morgan fingerprint density at radius 2 is 1.84 bits per heavy atom. The van der Waals surface area contributed by atoms with E-state index in [1.54, 1.807) is 12.1 Å². The van der Waals surface area contributed by atoms with Crippen molar-refractivity contribution in [1.29, 1.82) is 0 Å². The van der Waals surface area contributed by atoms with Crippen molar-refractivity contribution in [2.24, 2.45) is 11.5 Å². The number of benzene rings is 1. The maximum atomic E-state index is 12.6. The Balaban J connectivity index is 0.00000225. The molecule has 7 nitrogen and oxygen atoms in total. The third-order valence-corrected chi connectivity index (χ3v) is 4.53. The minimum Gasteiger partial charge on any atom is -0.364 e. The van der Waals surface area contributed by atoms with Crippen molar-refractivity contribution in [3.8, 4) is 5.69 Å². The Morgan fingerprint density at radius 1 is 1.20 bits per heavy atom. The fourth-order valence-corrected chi connectivity index (χ4v) is 3.17. The van der Waals surface area contributed by atoms with Gasteiger partial charge in [0.2, 0.25) is 0 Å². The topological polar surface area (TPSA) is 116 Å². The maximum Gasteiger partial charge on any atom is 0.272 e. The highest BCUT2D eigenvalue weighted by atomic mass is 35.5. The van der Waals surface area contributed by atoms with E-state index in [1.165, 1.54) is 10.7 Å². The standard InChI is InChI=1S/C17H21N5O2.ClH/c18-11-17(8-4-5-9-17)20-16(24)13-10-14(15(19)23)22(21-13)12-6-2-1-3-7-12;/h1-3,6-7,10H,4-5,8-9,11,18H2,(H2,19,23)(H,20,24);1H. The summed E-state index contributed by atoms with van der Waals surface area (Å²) in [6.07, 6.45) is 3.81. The smallest absolute Gasteiger partial charge is 0.272 e. The first-order valence-corrected chi connectivity index (χ1v) is 8.02. The summed E-state index contributed by atoms with van der Waals surface area (Å²) in [6, 6.07) is 10.5. The monoisotopic (exact) mass is 363 g/mol. The van der Waals surface area contributed by atoms with Gasteiger partial charge in [-0.15, -0.1) is 12.4 Å². The number of hydrogen-bond acceptors (Lipinski definition) is 4. The summed E-state index contributed by atoms with van der Waals surface area (Å²) in [6.45, 7) is 0.390. The van der Waals surface area contributed by atoms with Crippen LogP contribution in [-0.2, 0) is 0 Å². The van der Waals surface area contributed by atoms with Crippen LogP contribution in [0, 0.1) is 0 Å². The molecule has 0 radical (unpaired) electrons. The van der Waals surface area contributed by atoms with Crippen molar-refractivity contribution in [2.45, 2.75) is 31.2 Å². The number of amides is 2. The molecule has 0 bridgehead atoms. The average Bonchev–Trinajstić information content (AvgIpc) is 3.23. The largest absolute Gasteiger partial charge is 0.364 e. The second-order valence-corrected chi connectivity index (χ2v) is 6.17. The molecule has 0 aliphatic heterocycles. The molecule has 0 atom stereocenters. The van der Waals surface area contributed by atoms with Gasteiger partial charge in [0.25, 0.3) is 11.8 Å². The lowest BCUT2D eigenvalue weighted by molar-refractivity contribution is 0.0897. The Bertz CT molecular complexity index is 754. The number of nitrogens with one attached hydrogen (secondary N) is 1. The second kappa shape index (κ2) is 7.67. The first kappa shape index (κ1) is 19.0. The van der Waals surface area contributed by atoms with E-state index in [0.29, 0.717) is 12.2 Å². The lowest BCUT2D eigenvalue weighted by atomic mass is 9.97. The number of nitrogens with zero attached hydrogens (tertiary/aromatic N) is 2. The Kier molecular flexibility index (Phi) is 5.81. The van der Waals surface area contributed by atoms with Crippen molar-refractivity contribution in [2.75, 3.05) is 6.54 Å². The number of hydrogen-bond donors (Lipinski definition) is 3. The number of primary amides is 1. The molecular formula is C17H22ClN5O2. The molecule has 134 valence electrons. The molecule has 1 heterocycles. The van der Waals surface area contributed by atoms with Crippen LogP contribution in [0.5, 0.6) is 0 Å². The molecule has 0 spiro atoms. The first-order valence-electron chi connectivity index (χ1n) is 8.02. The van der Waals surface area contributed by atoms with Crippen LogP contribution in [0.25, 0.3) is 5.69 Å². The zero-order valence-corrected chi connectivity index (χ0v) is 14.6. The summed E-state index contributed by atoms with van der Waals surface area (Å²) >= 11 is 0. The SMILES string of the molecule is Cl.NCC1(NC(=O)c2cc(C(N)=O)n(-c3ccccc3)n2)CCCC1. The number of aromatic nitrogens is 2. The van der Waals surface area contributed by atoms with Crippen LogP contribution in [-0.4, -0.2) is 33.7 Å². The van der Waals surface area contributed by atoms with Crippen molar-refractivity contribution in [3.05, 3.63) is 47.8 Å². The van der Waals surface area contributed by atoms with E-state index in [9.17, 15) is 9.59 Å². The van der Waals surface area contributed by atoms with Gasteiger partial charge in [-0.1, -0.05) is 31.0 Å². The summed E-state index contributed by atoms with van der Waals surface area (Å²) in [5.41, 5.74) is 11.9. The minimum atomic E-state index is -0.639. The van der Waals surface area contributed by atoms with Crippen LogP contribution >= 0.6 is 12.4 Å². The number of nitrogens with two attached hydrogens (primary N) is 2. The average molecular weight is 364 g/mol. The fourth-order valence-electron chi connectivity index (χ4n) is 3.17. The number of rotatable bonds is 5. The van der Waals surface area contributed by atoms with Gasteiger partial charge in [-0.2, -0.15) is 5.10 Å². The second-order valence-electron chi connectivity index (χ2n) is 6.17. The predicted octanol–water partition coefficient (Wildman–Crippen LogP) is 1.39. The lowest BCUT2D eigenvalue weighted by Crippen LogP contribution is -2.51. The molecule has 0 unspecified atom stereocenters. The molecule has 25 heavy (non-hydrogen) atoms. The van der Waals surface area contributed by atoms with E-state index in [0.717, 1.165) is 25.7 Å². The zero-order valence-electron chi connectivity index (χ0n) is 13.8. The van der Waals surface area contributed by atoms with E-state index in [2.05, 4.69) is 10.4 Å². The van der Waals surface area contributed by atoms with E-state index >= 15 is 0 Å². The van der Waals surface area contributed by atoms with Gasteiger partial charge in [0, 0.05) is 12.6 Å². The number of carbonyl (C=O) groups is 2. The minimum absolute atomic E-state index is 0. The molecule has 1 saturated carbocycles. The van der Waals surface area contributed by atoms with E-state index in [-0.39, 0.29) is 35.2 Å². The lowest BCUT2D eigenvalue weighted by Gasteiger charge is -2.28. The van der Waals surface area contributed by atoms with Crippen LogP contribution in [0.1, 0.15) is 46.7 Å². The predicted molar refractivity (Wildman–Crippen MR) is 97.0 cm³/mol. The van der Waals surface area contributed by atoms with Gasteiger partial charge in [-0.25, -0.2) is 4.68 Å². The molecule has 2 aromatic rings. The first-order chi connectivity index (χ1) is 11.5. The van der Waals surface area contributed by atoms with Crippen LogP contribution in [0.4, 0.5) is 0 Å². The molecule has 1 aromatic carbocycles. The molecule has 1 aromatic heterocycles. The maximum absolute atomic E-state index is 12.6. The summed E-state index contributed by atoms with van der Waals surface area (Å²) in [5.74, 6) is -0.973. The molecule has 0 saturated heterocycles. The van der Waals surface area contributed by atoms with Gasteiger partial charge in [0.05, 0.1) is 11.2 Å². The fraction of sp³-hybridized carbons (Fsp3) is 0.353. The summed E-state index contributed by atoms with van der Waals surface area (Å²) < 4.78 is 1.39. The van der Waals surface area contributed by atoms with Crippen molar-refractivity contribution in [3.63, 3.8) is 0 Å². The van der Waals surface area contributed by atoms with Gasteiger partial charge < -0.3 is 16.8 Å². The molecule has 1 aliphatic rings. The Hall–Kier alpha value is -2.38. The molecular weight excluding hydrogens is 342 g/mol. The summed E-state index contributed by atoms with van der Waals surface area (Å²) in [5, 5.41) is 7.27. The highest BCUT2D eigenvalue weighted by Gasteiger charge is 2.35. The highest BCUT2D eigenvalue weighted by molar-refractivity contribution is 5.98. The van der Waals surface area contributed by atoms with Gasteiger partial charge in [0.1, 0.15) is 5.69 Å². The van der Waals surface area contributed by atoms with Crippen molar-refractivity contribution in [1.82, 2.24) is 15.1 Å². The molecule has 1 fully saturated rings. The number of carbonyl (C=O) groups excluding carboxylic acids is 2. The van der Waals surface area contributed by atoms with Crippen molar-refractivity contribution < 1.29 is 9.59 Å². The van der Waals surface area contributed by atoms with E-state index in [1.807, 2.05) is 18.2 Å². The Labute approximate surface area is 152 Å². The molecule has 1 aliphatic carbocycles. The van der Waals surface area contributed by atoms with Gasteiger partial charge in [-0.3, -0.25) is 9.59 Å². The van der Waals surface area contributed by atoms with Gasteiger partial charge >= 0.3 is 0 Å². The molecule has 8 heteroatoms. The van der Waals surface area contributed by atoms with Gasteiger partial charge in [0.15, 0.2) is 5.69 Å². The third kappa shape index (κ3) is 3.83. The number of halogens is 1. The Morgan fingerprint density at radius 3 is 2.40 bits per heavy atom. The van der Waals surface area contributed by atoms with Crippen LogP contribution in [0.2, 0.25) is 0 Å². The quantitative estimate of drug-likeness (QED) is 0.744. The van der Waals surface area contributed by atoms with Crippen LogP contribution < -0.4 is 16.8 Å². The highest BCUT2D eigenvalue weighted by Crippen LogP contribution is 2.29. The van der Waals surface area contributed by atoms with E-state index < -0.39 is 5.91 Å². The molecule has 2 amide bonds. The van der Waals surface area contributed by atoms with Crippen LogP contribution in [0.3, 0.4) is 0 Å². The normalized spacial score (nSPS) is 15.4. The number of para-hydroxylation sites is 1. The van der Waals surface area contributed by atoms with Gasteiger partial charge in [-0.05, 0) is 25.0 Å². The van der Waals surface area contributed by atoms with Crippen LogP contribution in [0.15, 0.2) is 36.4 Å². The van der Waals surface area contributed by atoms with Crippen molar-refractivity contribution >= 4 is 24.2 Å². The molecule has 3 rings (SSSR count). The summed E-state index contributed by atoms with van der Waals surface area (Å²) in [7, 11) is 0. The zero-order chi connectivity index (χ0) is 17.2. The van der Waals surface area contributed by atoms with E-state index in [4.69, 9.17) is 11.5 Å². The summed E-state index contributed by atoms with van der Waals surface area (Å²) in [4.78, 5) is 24.3.